The van der Waals surface area contributed by atoms with Crippen LogP contribution in [0.2, 0.25) is 0 Å². The smallest absolute Gasteiger partial charge is 0.306 e. The normalized spacial score (nSPS) is 12.1. The number of unbranched alkanes of at least 4 members (excludes halogenated alkanes) is 33. The van der Waals surface area contributed by atoms with E-state index in [1.165, 1.54) is 167 Å². The molecule has 0 aromatic rings. The molecule has 0 saturated carbocycles. The summed E-state index contributed by atoms with van der Waals surface area (Å²) in [6, 6.07) is 0. The van der Waals surface area contributed by atoms with E-state index in [-0.39, 0.29) is 31.1 Å². The summed E-state index contributed by atoms with van der Waals surface area (Å²) in [5, 5.41) is 0. The number of esters is 3. The molecule has 0 aliphatic heterocycles. The molecule has 0 heterocycles. The van der Waals surface area contributed by atoms with Crippen molar-refractivity contribution in [2.45, 2.75) is 290 Å². The van der Waals surface area contributed by atoms with Crippen molar-refractivity contribution in [3.05, 3.63) is 24.3 Å². The lowest BCUT2D eigenvalue weighted by atomic mass is 10.0. The van der Waals surface area contributed by atoms with Crippen molar-refractivity contribution in [2.75, 3.05) is 13.2 Å². The van der Waals surface area contributed by atoms with Crippen LogP contribution in [-0.4, -0.2) is 37.2 Å². The second kappa shape index (κ2) is 49.5. The summed E-state index contributed by atoms with van der Waals surface area (Å²) >= 11 is 0. The zero-order valence-corrected chi connectivity index (χ0v) is 40.2. The fourth-order valence-electron chi connectivity index (χ4n) is 7.71. The highest BCUT2D eigenvalue weighted by atomic mass is 16.6. The molecule has 352 valence electrons. The third-order valence-corrected chi connectivity index (χ3v) is 11.7. The minimum Gasteiger partial charge on any atom is -0.462 e. The largest absolute Gasteiger partial charge is 0.462 e. The highest BCUT2D eigenvalue weighted by Crippen LogP contribution is 2.16. The van der Waals surface area contributed by atoms with Gasteiger partial charge in [0.2, 0.25) is 0 Å². The summed E-state index contributed by atoms with van der Waals surface area (Å²) in [6.07, 6.45) is 55.9. The Morgan fingerprint density at radius 2 is 0.600 bits per heavy atom. The van der Waals surface area contributed by atoms with E-state index < -0.39 is 6.10 Å². The zero-order valence-electron chi connectivity index (χ0n) is 40.2. The molecule has 0 aliphatic rings. The molecule has 0 rings (SSSR count). The van der Waals surface area contributed by atoms with E-state index in [9.17, 15) is 14.4 Å². The summed E-state index contributed by atoms with van der Waals surface area (Å²) in [6.45, 7) is 6.62. The van der Waals surface area contributed by atoms with Gasteiger partial charge in [0.1, 0.15) is 13.2 Å². The molecule has 0 unspecified atom stereocenters. The van der Waals surface area contributed by atoms with Crippen molar-refractivity contribution in [1.82, 2.24) is 0 Å². The molecule has 0 aromatic heterocycles. The first-order chi connectivity index (χ1) is 29.5. The van der Waals surface area contributed by atoms with Crippen molar-refractivity contribution >= 4 is 17.9 Å². The predicted octanol–water partition coefficient (Wildman–Crippen LogP) is 17.2. The molecule has 6 nitrogen and oxygen atoms in total. The van der Waals surface area contributed by atoms with Gasteiger partial charge in [-0.15, -0.1) is 0 Å². The van der Waals surface area contributed by atoms with Crippen LogP contribution in [0.1, 0.15) is 284 Å². The maximum absolute atomic E-state index is 12.8. The van der Waals surface area contributed by atoms with Gasteiger partial charge in [-0.1, -0.05) is 238 Å². The molecule has 0 bridgehead atoms. The summed E-state index contributed by atoms with van der Waals surface area (Å²) < 4.78 is 16.8. The lowest BCUT2D eigenvalue weighted by molar-refractivity contribution is -0.167. The van der Waals surface area contributed by atoms with E-state index in [1.807, 2.05) is 0 Å². The number of carbonyl (C=O) groups excluding carboxylic acids is 3. The topological polar surface area (TPSA) is 78.9 Å². The number of hydrogen-bond acceptors (Lipinski definition) is 6. The summed E-state index contributed by atoms with van der Waals surface area (Å²) in [4.78, 5) is 37.9. The Hall–Kier alpha value is -2.11. The van der Waals surface area contributed by atoms with Gasteiger partial charge in [-0.25, -0.2) is 0 Å². The third kappa shape index (κ3) is 46.9. The second-order valence-corrected chi connectivity index (χ2v) is 17.8. The van der Waals surface area contributed by atoms with E-state index in [2.05, 4.69) is 45.1 Å². The van der Waals surface area contributed by atoms with E-state index in [0.717, 1.165) is 77.0 Å². The first-order valence-corrected chi connectivity index (χ1v) is 26.3. The predicted molar refractivity (Wildman–Crippen MR) is 256 cm³/mol. The molecule has 0 saturated heterocycles. The maximum atomic E-state index is 12.8. The Kier molecular flexibility index (Phi) is 47.8. The standard InChI is InChI=1S/C54H100O6/c1-4-7-10-13-16-19-22-24-26-27-29-30-32-35-38-41-44-47-53(56)59-50-51(49-58-52(55)46-43-40-37-34-21-18-15-12-9-6-3)60-54(57)48-45-42-39-36-33-31-28-25-23-20-17-14-11-8-5-2/h17,20,25,28,51H,4-16,18-19,21-24,26-27,29-50H2,1-3H3/b20-17-,28-25-/t51-/m1/s1. The van der Waals surface area contributed by atoms with Crippen molar-refractivity contribution < 1.29 is 28.6 Å². The lowest BCUT2D eigenvalue weighted by Gasteiger charge is -2.18. The van der Waals surface area contributed by atoms with Gasteiger partial charge in [-0.05, 0) is 51.4 Å². The fraction of sp³-hybridized carbons (Fsp3) is 0.870. The Morgan fingerprint density at radius 3 is 0.950 bits per heavy atom. The SMILES string of the molecule is CCCCC/C=C\C/C=C\CCCCCCCC(=O)O[C@H](COC(=O)CCCCCCCCCCCC)COC(=O)CCCCCCCCCCCCCCCCCCC. The van der Waals surface area contributed by atoms with E-state index in [0.29, 0.717) is 19.3 Å². The lowest BCUT2D eigenvalue weighted by Crippen LogP contribution is -2.30. The Bertz CT molecular complexity index is 973. The van der Waals surface area contributed by atoms with E-state index in [4.69, 9.17) is 14.2 Å². The van der Waals surface area contributed by atoms with Crippen molar-refractivity contribution in [3.63, 3.8) is 0 Å². The minimum absolute atomic E-state index is 0.0722. The van der Waals surface area contributed by atoms with Gasteiger partial charge in [-0.2, -0.15) is 0 Å². The molecule has 0 fully saturated rings. The Labute approximate surface area is 373 Å². The van der Waals surface area contributed by atoms with Crippen LogP contribution in [0.25, 0.3) is 0 Å². The molecule has 0 amide bonds. The highest BCUT2D eigenvalue weighted by molar-refractivity contribution is 5.71. The minimum atomic E-state index is -0.772. The molecular formula is C54H100O6. The van der Waals surface area contributed by atoms with Crippen LogP contribution >= 0.6 is 0 Å². The Balaban J connectivity index is 4.31. The van der Waals surface area contributed by atoms with Crippen LogP contribution < -0.4 is 0 Å². The van der Waals surface area contributed by atoms with Gasteiger partial charge < -0.3 is 14.2 Å². The summed E-state index contributed by atoms with van der Waals surface area (Å²) in [5.41, 5.74) is 0. The third-order valence-electron chi connectivity index (χ3n) is 11.7. The van der Waals surface area contributed by atoms with Gasteiger partial charge in [0, 0.05) is 19.3 Å². The van der Waals surface area contributed by atoms with Crippen LogP contribution in [0.15, 0.2) is 24.3 Å². The zero-order chi connectivity index (χ0) is 43.7. The number of rotatable bonds is 48. The van der Waals surface area contributed by atoms with Crippen LogP contribution in [0, 0.1) is 0 Å². The van der Waals surface area contributed by atoms with Gasteiger partial charge in [0.25, 0.3) is 0 Å². The van der Waals surface area contributed by atoms with Crippen LogP contribution in [0.4, 0.5) is 0 Å². The van der Waals surface area contributed by atoms with Gasteiger partial charge in [0.05, 0.1) is 0 Å². The van der Waals surface area contributed by atoms with Gasteiger partial charge >= 0.3 is 17.9 Å². The summed E-state index contributed by atoms with van der Waals surface area (Å²) in [5.74, 6) is -0.873. The molecule has 0 aromatic carbocycles. The van der Waals surface area contributed by atoms with Crippen molar-refractivity contribution in [1.29, 1.82) is 0 Å². The Morgan fingerprint density at radius 1 is 0.333 bits per heavy atom. The maximum Gasteiger partial charge on any atom is 0.306 e. The molecule has 1 atom stereocenters. The molecule has 0 N–H and O–H groups in total. The number of allylic oxidation sites excluding steroid dienone is 4. The van der Waals surface area contributed by atoms with Crippen LogP contribution in [0.3, 0.4) is 0 Å². The van der Waals surface area contributed by atoms with Crippen LogP contribution in [-0.2, 0) is 28.6 Å². The van der Waals surface area contributed by atoms with Crippen molar-refractivity contribution in [3.8, 4) is 0 Å². The molecular weight excluding hydrogens is 745 g/mol. The molecule has 0 radical (unpaired) electrons. The highest BCUT2D eigenvalue weighted by Gasteiger charge is 2.19. The van der Waals surface area contributed by atoms with E-state index >= 15 is 0 Å². The van der Waals surface area contributed by atoms with Crippen LogP contribution in [0.5, 0.6) is 0 Å². The fourth-order valence-corrected chi connectivity index (χ4v) is 7.71. The van der Waals surface area contributed by atoms with E-state index in [1.54, 1.807) is 0 Å². The van der Waals surface area contributed by atoms with Gasteiger partial charge in [-0.3, -0.25) is 14.4 Å². The van der Waals surface area contributed by atoms with Gasteiger partial charge in [0.15, 0.2) is 6.10 Å². The number of hydrogen-bond donors (Lipinski definition) is 0. The van der Waals surface area contributed by atoms with Crippen molar-refractivity contribution in [2.24, 2.45) is 0 Å². The molecule has 0 aliphatic carbocycles. The summed E-state index contributed by atoms with van der Waals surface area (Å²) in [7, 11) is 0. The second-order valence-electron chi connectivity index (χ2n) is 17.8. The number of carbonyl (C=O) groups is 3. The quantitative estimate of drug-likeness (QED) is 0.0263. The first-order valence-electron chi connectivity index (χ1n) is 26.3. The monoisotopic (exact) mass is 845 g/mol. The number of ether oxygens (including phenoxy) is 3. The average molecular weight is 845 g/mol. The first kappa shape index (κ1) is 57.9. The molecule has 0 spiro atoms. The average Bonchev–Trinajstić information content (AvgIpc) is 3.24. The molecule has 6 heteroatoms. The molecule has 60 heavy (non-hydrogen) atoms.